The number of halogens is 1. The van der Waals surface area contributed by atoms with Crippen LogP contribution in [0.15, 0.2) is 28.2 Å². The van der Waals surface area contributed by atoms with Gasteiger partial charge in [-0.05, 0) is 58.4 Å². The zero-order chi connectivity index (χ0) is 12.4. The molecule has 2 aromatic heterocycles. The van der Waals surface area contributed by atoms with Gasteiger partial charge in [-0.3, -0.25) is 0 Å². The normalized spacial score (nSPS) is 10.6. The van der Waals surface area contributed by atoms with E-state index >= 15 is 0 Å². The van der Waals surface area contributed by atoms with Crippen LogP contribution in [-0.2, 0) is 6.54 Å². The molecule has 2 nitrogen and oxygen atoms in total. The fraction of sp³-hybridized carbons (Fsp3) is 0.308. The van der Waals surface area contributed by atoms with E-state index in [9.17, 15) is 0 Å². The van der Waals surface area contributed by atoms with E-state index in [4.69, 9.17) is 0 Å². The van der Waals surface area contributed by atoms with Crippen LogP contribution in [0.5, 0.6) is 0 Å². The maximum atomic E-state index is 4.43. The van der Waals surface area contributed by atoms with Gasteiger partial charge in [-0.1, -0.05) is 0 Å². The second-order valence-corrected chi connectivity index (χ2v) is 6.03. The Balaban J connectivity index is 2.17. The molecule has 90 valence electrons. The van der Waals surface area contributed by atoms with Gasteiger partial charge in [0.1, 0.15) is 5.82 Å². The van der Waals surface area contributed by atoms with Crippen LogP contribution in [0.4, 0.5) is 5.82 Å². The van der Waals surface area contributed by atoms with E-state index in [1.165, 1.54) is 16.0 Å². The van der Waals surface area contributed by atoms with Gasteiger partial charge in [-0.2, -0.15) is 0 Å². The first-order chi connectivity index (χ1) is 8.08. The quantitative estimate of drug-likeness (QED) is 0.846. The smallest absolute Gasteiger partial charge is 0.128 e. The number of nitrogens with zero attached hydrogens (tertiary/aromatic N) is 2. The fourth-order valence-corrected chi connectivity index (χ4v) is 2.77. The van der Waals surface area contributed by atoms with Gasteiger partial charge in [0.2, 0.25) is 0 Å². The Morgan fingerprint density at radius 2 is 2.12 bits per heavy atom. The van der Waals surface area contributed by atoms with Gasteiger partial charge in [0, 0.05) is 22.6 Å². The molecule has 0 fully saturated rings. The maximum absolute atomic E-state index is 4.43. The van der Waals surface area contributed by atoms with Gasteiger partial charge in [-0.25, -0.2) is 4.98 Å². The van der Waals surface area contributed by atoms with Crippen LogP contribution in [0.3, 0.4) is 0 Å². The number of rotatable bonds is 3. The third-order valence-electron chi connectivity index (χ3n) is 2.77. The first-order valence-corrected chi connectivity index (χ1v) is 7.11. The van der Waals surface area contributed by atoms with E-state index in [0.717, 1.165) is 16.8 Å². The van der Waals surface area contributed by atoms with Crippen molar-refractivity contribution < 1.29 is 0 Å². The fourth-order valence-electron chi connectivity index (χ4n) is 1.60. The van der Waals surface area contributed by atoms with E-state index in [0.29, 0.717) is 0 Å². The minimum atomic E-state index is 0.914. The van der Waals surface area contributed by atoms with Crippen molar-refractivity contribution in [1.29, 1.82) is 0 Å². The Morgan fingerprint density at radius 1 is 1.35 bits per heavy atom. The van der Waals surface area contributed by atoms with Crippen molar-refractivity contribution in [3.05, 3.63) is 44.2 Å². The lowest BCUT2D eigenvalue weighted by Crippen LogP contribution is -2.17. The molecule has 0 radical (unpaired) electrons. The summed E-state index contributed by atoms with van der Waals surface area (Å²) < 4.78 is 1.06. The first-order valence-electron chi connectivity index (χ1n) is 5.44. The van der Waals surface area contributed by atoms with Crippen molar-refractivity contribution in [2.24, 2.45) is 0 Å². The Morgan fingerprint density at radius 3 is 2.71 bits per heavy atom. The van der Waals surface area contributed by atoms with Gasteiger partial charge in [0.25, 0.3) is 0 Å². The molecule has 0 bridgehead atoms. The highest BCUT2D eigenvalue weighted by Gasteiger charge is 2.07. The third-order valence-corrected chi connectivity index (χ3v) is 4.61. The number of thiophene rings is 1. The Bertz CT molecular complexity index is 522. The van der Waals surface area contributed by atoms with Crippen LogP contribution in [-0.4, -0.2) is 12.0 Å². The predicted molar refractivity (Wildman–Crippen MR) is 77.8 cm³/mol. The highest BCUT2D eigenvalue weighted by Crippen LogP contribution is 2.23. The lowest BCUT2D eigenvalue weighted by Gasteiger charge is -2.18. The van der Waals surface area contributed by atoms with E-state index in [1.807, 2.05) is 6.20 Å². The minimum absolute atomic E-state index is 0.914. The maximum Gasteiger partial charge on any atom is 0.128 e. The van der Waals surface area contributed by atoms with Crippen molar-refractivity contribution in [2.75, 3.05) is 11.9 Å². The van der Waals surface area contributed by atoms with Gasteiger partial charge >= 0.3 is 0 Å². The Labute approximate surface area is 114 Å². The van der Waals surface area contributed by atoms with Crippen LogP contribution < -0.4 is 4.90 Å². The molecule has 0 amide bonds. The number of hydrogen-bond donors (Lipinski definition) is 0. The van der Waals surface area contributed by atoms with Crippen molar-refractivity contribution in [3.63, 3.8) is 0 Å². The molecular weight excluding hydrogens is 296 g/mol. The van der Waals surface area contributed by atoms with Crippen molar-refractivity contribution in [1.82, 2.24) is 4.98 Å². The van der Waals surface area contributed by atoms with E-state index < -0.39 is 0 Å². The lowest BCUT2D eigenvalue weighted by molar-refractivity contribution is 0.904. The highest BCUT2D eigenvalue weighted by molar-refractivity contribution is 9.10. The molecule has 2 heterocycles. The molecule has 0 aliphatic rings. The standard InChI is InChI=1S/C13H15BrN2S/c1-9-4-5-17-12(9)8-16(3)13-6-10(2)11(14)7-15-13/h4-7H,8H2,1-3H3. The van der Waals surface area contributed by atoms with Crippen LogP contribution in [0.1, 0.15) is 16.0 Å². The Hall–Kier alpha value is -0.870. The molecule has 2 rings (SSSR count). The van der Waals surface area contributed by atoms with Crippen LogP contribution >= 0.6 is 27.3 Å². The largest absolute Gasteiger partial charge is 0.355 e. The monoisotopic (exact) mass is 310 g/mol. The van der Waals surface area contributed by atoms with Gasteiger partial charge < -0.3 is 4.90 Å². The van der Waals surface area contributed by atoms with E-state index in [-0.39, 0.29) is 0 Å². The summed E-state index contributed by atoms with van der Waals surface area (Å²) in [5.74, 6) is 1.01. The molecule has 0 atom stereocenters. The number of hydrogen-bond acceptors (Lipinski definition) is 3. The second kappa shape index (κ2) is 5.19. The third kappa shape index (κ3) is 2.87. The summed E-state index contributed by atoms with van der Waals surface area (Å²) >= 11 is 5.27. The van der Waals surface area contributed by atoms with Crippen LogP contribution in [0.25, 0.3) is 0 Å². The molecule has 0 saturated heterocycles. The predicted octanol–water partition coefficient (Wildman–Crippen LogP) is 4.16. The molecule has 2 aromatic rings. The van der Waals surface area contributed by atoms with Crippen LogP contribution in [0.2, 0.25) is 0 Å². The highest BCUT2D eigenvalue weighted by atomic mass is 79.9. The minimum Gasteiger partial charge on any atom is -0.355 e. The molecule has 0 saturated carbocycles. The molecule has 0 spiro atoms. The first kappa shape index (κ1) is 12.6. The van der Waals surface area contributed by atoms with E-state index in [2.05, 4.69) is 64.2 Å². The van der Waals surface area contributed by atoms with Gasteiger partial charge in [0.05, 0.1) is 6.54 Å². The lowest BCUT2D eigenvalue weighted by atomic mass is 10.2. The molecule has 0 aromatic carbocycles. The summed E-state index contributed by atoms with van der Waals surface area (Å²) in [7, 11) is 2.08. The zero-order valence-corrected chi connectivity index (χ0v) is 12.6. The molecule has 4 heteroatoms. The Kier molecular flexibility index (Phi) is 3.84. The number of anilines is 1. The summed E-state index contributed by atoms with van der Waals surface area (Å²) in [5.41, 5.74) is 2.57. The summed E-state index contributed by atoms with van der Waals surface area (Å²) in [5, 5.41) is 2.14. The summed E-state index contributed by atoms with van der Waals surface area (Å²) in [6, 6.07) is 4.27. The molecule has 0 N–H and O–H groups in total. The SMILES string of the molecule is Cc1cc(N(C)Cc2sccc2C)ncc1Br. The van der Waals surface area contributed by atoms with Gasteiger partial charge in [0.15, 0.2) is 0 Å². The van der Waals surface area contributed by atoms with Crippen molar-refractivity contribution >= 4 is 33.1 Å². The molecule has 0 aliphatic heterocycles. The average molecular weight is 311 g/mol. The number of aromatic nitrogens is 1. The number of pyridine rings is 1. The molecule has 0 unspecified atom stereocenters. The second-order valence-electron chi connectivity index (χ2n) is 4.17. The summed E-state index contributed by atoms with van der Waals surface area (Å²) in [6.07, 6.45) is 1.86. The zero-order valence-electron chi connectivity index (χ0n) is 10.2. The van der Waals surface area contributed by atoms with Crippen LogP contribution in [0, 0.1) is 13.8 Å². The van der Waals surface area contributed by atoms with Crippen molar-refractivity contribution in [3.8, 4) is 0 Å². The molecule has 0 aliphatic carbocycles. The van der Waals surface area contributed by atoms with Crippen molar-refractivity contribution in [2.45, 2.75) is 20.4 Å². The molecular formula is C13H15BrN2S. The molecule has 17 heavy (non-hydrogen) atoms. The average Bonchev–Trinajstić information content (AvgIpc) is 2.68. The summed E-state index contributed by atoms with van der Waals surface area (Å²) in [6.45, 7) is 5.15. The van der Waals surface area contributed by atoms with E-state index in [1.54, 1.807) is 11.3 Å². The topological polar surface area (TPSA) is 16.1 Å². The summed E-state index contributed by atoms with van der Waals surface area (Å²) in [4.78, 5) is 8.01. The number of aryl methyl sites for hydroxylation is 2. The van der Waals surface area contributed by atoms with Gasteiger partial charge in [-0.15, -0.1) is 11.3 Å².